The topological polar surface area (TPSA) is 80.8 Å². The molecule has 1 aromatic carbocycles. The van der Waals surface area contributed by atoms with E-state index in [2.05, 4.69) is 20.2 Å². The predicted octanol–water partition coefficient (Wildman–Crippen LogP) is 2.98. The minimum atomic E-state index is 0.602. The minimum Gasteiger partial charge on any atom is -0.496 e. The Morgan fingerprint density at radius 3 is 2.96 bits per heavy atom. The number of ether oxygens (including phenoxy) is 1. The standard InChI is InChI=1S/C16H14N4O2S/c1-22-14-6-5-11(9-21)8-12(14)10-23-16-18-15(19-20-16)13-4-2-3-7-17-13/h2-9H,10H2,1H3,(H,18,19,20). The Kier molecular flexibility index (Phi) is 4.68. The van der Waals surface area contributed by atoms with Crippen molar-refractivity contribution < 1.29 is 9.53 Å². The van der Waals surface area contributed by atoms with Crippen LogP contribution in [-0.4, -0.2) is 33.6 Å². The average molecular weight is 326 g/mol. The maximum absolute atomic E-state index is 10.9. The lowest BCUT2D eigenvalue weighted by Crippen LogP contribution is -1.93. The van der Waals surface area contributed by atoms with Crippen molar-refractivity contribution >= 4 is 18.0 Å². The average Bonchev–Trinajstić information content (AvgIpc) is 3.09. The summed E-state index contributed by atoms with van der Waals surface area (Å²) in [5.41, 5.74) is 2.28. The highest BCUT2D eigenvalue weighted by molar-refractivity contribution is 7.98. The Morgan fingerprint density at radius 2 is 2.22 bits per heavy atom. The number of nitrogens with one attached hydrogen (secondary N) is 1. The van der Waals surface area contributed by atoms with E-state index in [9.17, 15) is 4.79 Å². The van der Waals surface area contributed by atoms with Crippen molar-refractivity contribution in [3.8, 4) is 17.3 Å². The van der Waals surface area contributed by atoms with Gasteiger partial charge in [-0.25, -0.2) is 0 Å². The summed E-state index contributed by atoms with van der Waals surface area (Å²) in [6, 6.07) is 10.9. The number of hydrogen-bond acceptors (Lipinski definition) is 6. The van der Waals surface area contributed by atoms with Gasteiger partial charge in [0.05, 0.1) is 7.11 Å². The molecule has 0 spiro atoms. The van der Waals surface area contributed by atoms with Gasteiger partial charge in [0.2, 0.25) is 5.16 Å². The van der Waals surface area contributed by atoms with E-state index in [1.54, 1.807) is 25.4 Å². The maximum atomic E-state index is 10.9. The number of hydrogen-bond donors (Lipinski definition) is 1. The molecule has 7 heteroatoms. The van der Waals surface area contributed by atoms with Crippen molar-refractivity contribution in [2.24, 2.45) is 0 Å². The Labute approximate surface area is 137 Å². The molecule has 0 saturated heterocycles. The first-order valence-electron chi connectivity index (χ1n) is 6.89. The van der Waals surface area contributed by atoms with Crippen LogP contribution in [0.3, 0.4) is 0 Å². The van der Waals surface area contributed by atoms with Crippen LogP contribution < -0.4 is 4.74 Å². The monoisotopic (exact) mass is 326 g/mol. The van der Waals surface area contributed by atoms with E-state index in [-0.39, 0.29) is 0 Å². The van der Waals surface area contributed by atoms with Crippen molar-refractivity contribution in [1.29, 1.82) is 0 Å². The molecule has 116 valence electrons. The lowest BCUT2D eigenvalue weighted by molar-refractivity contribution is 0.112. The van der Waals surface area contributed by atoms with E-state index in [0.29, 0.717) is 22.3 Å². The van der Waals surface area contributed by atoms with Gasteiger partial charge < -0.3 is 4.74 Å². The number of carbonyl (C=O) groups excluding carboxylic acids is 1. The zero-order chi connectivity index (χ0) is 16.1. The van der Waals surface area contributed by atoms with Gasteiger partial charge in [0.25, 0.3) is 0 Å². The molecule has 0 unspecified atom stereocenters. The number of benzene rings is 1. The second-order valence-electron chi connectivity index (χ2n) is 4.66. The van der Waals surface area contributed by atoms with Crippen LogP contribution in [0.4, 0.5) is 0 Å². The number of H-pyrrole nitrogens is 1. The van der Waals surface area contributed by atoms with Crippen LogP contribution in [0, 0.1) is 0 Å². The van der Waals surface area contributed by atoms with Gasteiger partial charge in [0.15, 0.2) is 5.82 Å². The van der Waals surface area contributed by atoms with Gasteiger partial charge >= 0.3 is 0 Å². The van der Waals surface area contributed by atoms with Crippen molar-refractivity contribution in [3.05, 3.63) is 53.7 Å². The van der Waals surface area contributed by atoms with Gasteiger partial charge in [-0.3, -0.25) is 14.9 Å². The van der Waals surface area contributed by atoms with Gasteiger partial charge in [-0.1, -0.05) is 17.8 Å². The van der Waals surface area contributed by atoms with Gasteiger partial charge in [-0.15, -0.1) is 5.10 Å². The predicted molar refractivity (Wildman–Crippen MR) is 87.6 cm³/mol. The molecule has 2 heterocycles. The van der Waals surface area contributed by atoms with E-state index < -0.39 is 0 Å². The van der Waals surface area contributed by atoms with E-state index >= 15 is 0 Å². The number of thioether (sulfide) groups is 1. The van der Waals surface area contributed by atoms with Gasteiger partial charge in [0.1, 0.15) is 17.7 Å². The molecule has 0 aliphatic carbocycles. The zero-order valence-corrected chi connectivity index (χ0v) is 13.2. The number of nitrogens with zero attached hydrogens (tertiary/aromatic N) is 3. The summed E-state index contributed by atoms with van der Waals surface area (Å²) in [7, 11) is 1.61. The normalized spacial score (nSPS) is 10.5. The van der Waals surface area contributed by atoms with Crippen LogP contribution >= 0.6 is 11.8 Å². The summed E-state index contributed by atoms with van der Waals surface area (Å²) < 4.78 is 5.32. The summed E-state index contributed by atoms with van der Waals surface area (Å²) in [6.07, 6.45) is 2.53. The Balaban J connectivity index is 1.74. The molecule has 3 rings (SSSR count). The quantitative estimate of drug-likeness (QED) is 0.554. The lowest BCUT2D eigenvalue weighted by atomic mass is 10.1. The van der Waals surface area contributed by atoms with Gasteiger partial charge in [0, 0.05) is 23.1 Å². The minimum absolute atomic E-state index is 0.602. The molecule has 1 N–H and O–H groups in total. The summed E-state index contributed by atoms with van der Waals surface area (Å²) in [4.78, 5) is 19.6. The molecule has 0 fully saturated rings. The highest BCUT2D eigenvalue weighted by atomic mass is 32.2. The van der Waals surface area contributed by atoms with Crippen molar-refractivity contribution in [1.82, 2.24) is 20.2 Å². The fourth-order valence-corrected chi connectivity index (χ4v) is 2.83. The molecule has 0 radical (unpaired) electrons. The third-order valence-corrected chi connectivity index (χ3v) is 4.07. The third-order valence-electron chi connectivity index (χ3n) is 3.17. The largest absolute Gasteiger partial charge is 0.496 e. The first-order valence-corrected chi connectivity index (χ1v) is 7.87. The molecule has 0 bridgehead atoms. The molecule has 0 saturated carbocycles. The molecule has 23 heavy (non-hydrogen) atoms. The van der Waals surface area contributed by atoms with E-state index in [1.807, 2.05) is 24.3 Å². The summed E-state index contributed by atoms with van der Waals surface area (Å²) in [5.74, 6) is 1.97. The van der Waals surface area contributed by atoms with Gasteiger partial charge in [-0.2, -0.15) is 4.98 Å². The summed E-state index contributed by atoms with van der Waals surface area (Å²) in [6.45, 7) is 0. The van der Waals surface area contributed by atoms with Crippen molar-refractivity contribution in [2.45, 2.75) is 10.9 Å². The summed E-state index contributed by atoms with van der Waals surface area (Å²) >= 11 is 1.46. The van der Waals surface area contributed by atoms with Crippen LogP contribution in [0.1, 0.15) is 15.9 Å². The SMILES string of the molecule is COc1ccc(C=O)cc1CSc1n[nH]c(-c2ccccn2)n1. The smallest absolute Gasteiger partial charge is 0.209 e. The molecule has 0 atom stereocenters. The number of methoxy groups -OCH3 is 1. The van der Waals surface area contributed by atoms with Crippen molar-refractivity contribution in [3.63, 3.8) is 0 Å². The Hall–Kier alpha value is -2.67. The van der Waals surface area contributed by atoms with Crippen LogP contribution in [0.2, 0.25) is 0 Å². The molecule has 0 aliphatic heterocycles. The lowest BCUT2D eigenvalue weighted by Gasteiger charge is -2.07. The van der Waals surface area contributed by atoms with Crippen LogP contribution in [0.25, 0.3) is 11.5 Å². The fourth-order valence-electron chi connectivity index (χ4n) is 2.06. The molecule has 0 aliphatic rings. The first kappa shape index (κ1) is 15.2. The van der Waals surface area contributed by atoms with E-state index in [1.165, 1.54) is 11.8 Å². The highest BCUT2D eigenvalue weighted by Gasteiger charge is 2.10. The fraction of sp³-hybridized carbons (Fsp3) is 0.125. The maximum Gasteiger partial charge on any atom is 0.209 e. The van der Waals surface area contributed by atoms with Crippen molar-refractivity contribution in [2.75, 3.05) is 7.11 Å². The Morgan fingerprint density at radius 1 is 1.30 bits per heavy atom. The second-order valence-corrected chi connectivity index (χ2v) is 5.60. The number of aromatic amines is 1. The molecular formula is C16H14N4O2S. The number of carbonyl (C=O) groups is 1. The Bertz CT molecular complexity index is 805. The zero-order valence-electron chi connectivity index (χ0n) is 12.4. The molecule has 2 aromatic heterocycles. The molecule has 0 amide bonds. The summed E-state index contributed by atoms with van der Waals surface area (Å²) in [5, 5.41) is 7.67. The number of rotatable bonds is 6. The number of pyridine rings is 1. The van der Waals surface area contributed by atoms with Gasteiger partial charge in [-0.05, 0) is 30.3 Å². The first-order chi connectivity index (χ1) is 11.3. The number of aromatic nitrogens is 4. The second kappa shape index (κ2) is 7.06. The van der Waals surface area contributed by atoms with Crippen LogP contribution in [0.5, 0.6) is 5.75 Å². The highest BCUT2D eigenvalue weighted by Crippen LogP contribution is 2.27. The molecule has 6 nitrogen and oxygen atoms in total. The molecule has 3 aromatic rings. The van der Waals surface area contributed by atoms with E-state index in [4.69, 9.17) is 4.74 Å². The van der Waals surface area contributed by atoms with Crippen LogP contribution in [-0.2, 0) is 5.75 Å². The molecular weight excluding hydrogens is 312 g/mol. The number of aldehydes is 1. The third kappa shape index (κ3) is 3.57. The van der Waals surface area contributed by atoms with E-state index in [0.717, 1.165) is 23.3 Å². The van der Waals surface area contributed by atoms with Crippen LogP contribution in [0.15, 0.2) is 47.8 Å².